The van der Waals surface area contributed by atoms with Crippen molar-refractivity contribution in [3.05, 3.63) is 12.2 Å². The molecule has 0 radical (unpaired) electrons. The molecule has 4 heteroatoms. The zero-order chi connectivity index (χ0) is 13.5. The lowest BCUT2D eigenvalue weighted by Gasteiger charge is -2.34. The highest BCUT2D eigenvalue weighted by Crippen LogP contribution is 2.12. The third kappa shape index (κ3) is 5.65. The maximum atomic E-state index is 11.7. The molecule has 1 saturated heterocycles. The second kappa shape index (κ2) is 7.54. The topological polar surface area (TPSA) is 35.6 Å². The molecule has 1 aliphatic heterocycles. The molecule has 1 rings (SSSR count). The fourth-order valence-electron chi connectivity index (χ4n) is 2.18. The molecule has 0 atom stereocenters. The molecule has 0 bridgehead atoms. The molecule has 4 nitrogen and oxygen atoms in total. The van der Waals surface area contributed by atoms with Crippen molar-refractivity contribution in [2.75, 3.05) is 33.7 Å². The van der Waals surface area contributed by atoms with Crippen LogP contribution in [0.4, 0.5) is 0 Å². The van der Waals surface area contributed by atoms with Crippen molar-refractivity contribution >= 4 is 5.91 Å². The van der Waals surface area contributed by atoms with Crippen molar-refractivity contribution in [2.45, 2.75) is 38.8 Å². The molecule has 1 heterocycles. The Bertz CT molecular complexity index is 279. The van der Waals surface area contributed by atoms with Crippen molar-refractivity contribution in [3.63, 3.8) is 0 Å². The smallest absolute Gasteiger partial charge is 0.243 e. The Morgan fingerprint density at radius 1 is 1.39 bits per heavy atom. The van der Waals surface area contributed by atoms with Gasteiger partial charge in [-0.2, -0.15) is 0 Å². The van der Waals surface area contributed by atoms with Gasteiger partial charge in [0.25, 0.3) is 0 Å². The van der Waals surface area contributed by atoms with E-state index in [4.69, 9.17) is 0 Å². The molecule has 104 valence electrons. The maximum absolute atomic E-state index is 11.7. The minimum absolute atomic E-state index is 0.0415. The summed E-state index contributed by atoms with van der Waals surface area (Å²) in [6, 6.07) is 0.957. The maximum Gasteiger partial charge on any atom is 0.243 e. The van der Waals surface area contributed by atoms with Gasteiger partial charge in [0.15, 0.2) is 0 Å². The molecule has 0 spiro atoms. The number of hydrogen-bond donors (Lipinski definition) is 1. The lowest BCUT2D eigenvalue weighted by molar-refractivity contribution is -0.117. The number of amides is 1. The van der Waals surface area contributed by atoms with Crippen molar-refractivity contribution in [3.8, 4) is 0 Å². The van der Waals surface area contributed by atoms with Gasteiger partial charge in [0.05, 0.1) is 0 Å². The van der Waals surface area contributed by atoms with Crippen LogP contribution in [-0.4, -0.2) is 61.5 Å². The second-order valence-electron chi connectivity index (χ2n) is 5.58. The van der Waals surface area contributed by atoms with Crippen LogP contribution >= 0.6 is 0 Å². The van der Waals surface area contributed by atoms with Gasteiger partial charge in [-0.05, 0) is 40.8 Å². The minimum atomic E-state index is 0.0415. The van der Waals surface area contributed by atoms with Crippen LogP contribution in [0.1, 0.15) is 26.7 Å². The average Bonchev–Trinajstić information content (AvgIpc) is 2.29. The van der Waals surface area contributed by atoms with E-state index >= 15 is 0 Å². The second-order valence-corrected chi connectivity index (χ2v) is 5.58. The van der Waals surface area contributed by atoms with Gasteiger partial charge in [0, 0.05) is 37.8 Å². The molecule has 0 unspecified atom stereocenters. The number of likely N-dealkylation sites (tertiary alicyclic amines) is 1. The van der Waals surface area contributed by atoms with Crippen LogP contribution in [-0.2, 0) is 4.79 Å². The Labute approximate surface area is 111 Å². The largest absolute Gasteiger partial charge is 0.350 e. The van der Waals surface area contributed by atoms with Gasteiger partial charge in [-0.15, -0.1) is 0 Å². The Balaban J connectivity index is 2.24. The fourth-order valence-corrected chi connectivity index (χ4v) is 2.18. The standard InChI is InChI=1S/C14H27N3O/c1-12(2)17-10-7-13(8-11-17)15-14(18)6-5-9-16(3)4/h5-6,12-13H,7-11H2,1-4H3,(H,15,18)/b6-5+. The van der Waals surface area contributed by atoms with Crippen LogP contribution in [0, 0.1) is 0 Å². The highest BCUT2D eigenvalue weighted by atomic mass is 16.1. The first-order valence-electron chi connectivity index (χ1n) is 6.85. The van der Waals surface area contributed by atoms with Gasteiger partial charge in [-0.25, -0.2) is 0 Å². The molecule has 0 aromatic rings. The lowest BCUT2D eigenvalue weighted by atomic mass is 10.0. The van der Waals surface area contributed by atoms with Gasteiger partial charge >= 0.3 is 0 Å². The summed E-state index contributed by atoms with van der Waals surface area (Å²) in [5.74, 6) is 0.0415. The van der Waals surface area contributed by atoms with E-state index in [0.29, 0.717) is 12.1 Å². The molecule has 18 heavy (non-hydrogen) atoms. The molecule has 1 aliphatic rings. The first-order valence-corrected chi connectivity index (χ1v) is 6.85. The summed E-state index contributed by atoms with van der Waals surface area (Å²) >= 11 is 0. The summed E-state index contributed by atoms with van der Waals surface area (Å²) in [5, 5.41) is 3.08. The summed E-state index contributed by atoms with van der Waals surface area (Å²) in [4.78, 5) is 16.2. The lowest BCUT2D eigenvalue weighted by Crippen LogP contribution is -2.46. The first-order chi connectivity index (χ1) is 8.49. The molecular weight excluding hydrogens is 226 g/mol. The minimum Gasteiger partial charge on any atom is -0.350 e. The molecule has 1 N–H and O–H groups in total. The number of nitrogens with one attached hydrogen (secondary N) is 1. The van der Waals surface area contributed by atoms with Crippen LogP contribution in [0.3, 0.4) is 0 Å². The average molecular weight is 253 g/mol. The van der Waals surface area contributed by atoms with E-state index in [1.807, 2.05) is 25.1 Å². The predicted molar refractivity (Wildman–Crippen MR) is 75.6 cm³/mol. The fraction of sp³-hybridized carbons (Fsp3) is 0.786. The summed E-state index contributed by atoms with van der Waals surface area (Å²) in [6.45, 7) is 7.43. The summed E-state index contributed by atoms with van der Waals surface area (Å²) in [6.07, 6.45) is 5.67. The third-order valence-corrected chi connectivity index (χ3v) is 3.35. The zero-order valence-electron chi connectivity index (χ0n) is 12.1. The van der Waals surface area contributed by atoms with E-state index in [2.05, 4.69) is 24.1 Å². The van der Waals surface area contributed by atoms with E-state index in [1.54, 1.807) is 6.08 Å². The van der Waals surface area contributed by atoms with Gasteiger partial charge in [0.1, 0.15) is 0 Å². The summed E-state index contributed by atoms with van der Waals surface area (Å²) in [5.41, 5.74) is 0. The zero-order valence-corrected chi connectivity index (χ0v) is 12.1. The number of carbonyl (C=O) groups is 1. The van der Waals surface area contributed by atoms with Crippen molar-refractivity contribution in [1.82, 2.24) is 15.1 Å². The number of nitrogens with zero attached hydrogens (tertiary/aromatic N) is 2. The molecule has 0 aliphatic carbocycles. The molecule has 0 aromatic carbocycles. The highest BCUT2D eigenvalue weighted by Gasteiger charge is 2.21. The Hall–Kier alpha value is -0.870. The van der Waals surface area contributed by atoms with Crippen LogP contribution in [0.5, 0.6) is 0 Å². The SMILES string of the molecule is CC(C)N1CCC(NC(=O)/C=C/CN(C)C)CC1. The van der Waals surface area contributed by atoms with Crippen molar-refractivity contribution in [2.24, 2.45) is 0 Å². The molecule has 0 saturated carbocycles. The van der Waals surface area contributed by atoms with E-state index in [9.17, 15) is 4.79 Å². The number of piperidine rings is 1. The quantitative estimate of drug-likeness (QED) is 0.745. The Kier molecular flexibility index (Phi) is 6.36. The normalized spacial score (nSPS) is 19.0. The third-order valence-electron chi connectivity index (χ3n) is 3.35. The van der Waals surface area contributed by atoms with Gasteiger partial charge in [0.2, 0.25) is 5.91 Å². The van der Waals surface area contributed by atoms with E-state index < -0.39 is 0 Å². The molecule has 0 aromatic heterocycles. The predicted octanol–water partition coefficient (Wildman–Crippen LogP) is 1.09. The number of carbonyl (C=O) groups excluding carboxylic acids is 1. The number of likely N-dealkylation sites (N-methyl/N-ethyl adjacent to an activating group) is 1. The van der Waals surface area contributed by atoms with E-state index in [0.717, 1.165) is 32.5 Å². The monoisotopic (exact) mass is 253 g/mol. The van der Waals surface area contributed by atoms with E-state index in [1.165, 1.54) is 0 Å². The van der Waals surface area contributed by atoms with Crippen LogP contribution in [0.2, 0.25) is 0 Å². The van der Waals surface area contributed by atoms with Crippen LogP contribution in [0.25, 0.3) is 0 Å². The Morgan fingerprint density at radius 2 is 2.00 bits per heavy atom. The number of hydrogen-bond acceptors (Lipinski definition) is 3. The molecular formula is C14H27N3O. The summed E-state index contributed by atoms with van der Waals surface area (Å²) < 4.78 is 0. The Morgan fingerprint density at radius 3 is 2.50 bits per heavy atom. The van der Waals surface area contributed by atoms with Crippen molar-refractivity contribution in [1.29, 1.82) is 0 Å². The number of rotatable bonds is 5. The molecule has 1 amide bonds. The highest BCUT2D eigenvalue weighted by molar-refractivity contribution is 5.87. The first kappa shape index (κ1) is 15.2. The molecule has 1 fully saturated rings. The van der Waals surface area contributed by atoms with Crippen LogP contribution in [0.15, 0.2) is 12.2 Å². The van der Waals surface area contributed by atoms with Gasteiger partial charge in [-0.3, -0.25) is 4.79 Å². The van der Waals surface area contributed by atoms with E-state index in [-0.39, 0.29) is 5.91 Å². The van der Waals surface area contributed by atoms with Crippen LogP contribution < -0.4 is 5.32 Å². The van der Waals surface area contributed by atoms with Crippen molar-refractivity contribution < 1.29 is 4.79 Å². The van der Waals surface area contributed by atoms with Gasteiger partial charge < -0.3 is 15.1 Å². The summed E-state index contributed by atoms with van der Waals surface area (Å²) in [7, 11) is 3.98. The van der Waals surface area contributed by atoms with Gasteiger partial charge in [-0.1, -0.05) is 6.08 Å².